The van der Waals surface area contributed by atoms with Gasteiger partial charge in [0.25, 0.3) is 0 Å². The molecule has 0 fully saturated rings. The van der Waals surface area contributed by atoms with Gasteiger partial charge in [0.15, 0.2) is 6.10 Å². The fourth-order valence-corrected chi connectivity index (χ4v) is 1.51. The van der Waals surface area contributed by atoms with Crippen LogP contribution in [0.25, 0.3) is 0 Å². The number of hydrogen-bond acceptors (Lipinski definition) is 4. The number of rotatable bonds is 7. The van der Waals surface area contributed by atoms with E-state index >= 15 is 0 Å². The summed E-state index contributed by atoms with van der Waals surface area (Å²) in [4.78, 5) is 21.5. The van der Waals surface area contributed by atoms with E-state index in [0.717, 1.165) is 12.2 Å². The zero-order chi connectivity index (χ0) is 12.6. The summed E-state index contributed by atoms with van der Waals surface area (Å²) in [5, 5.41) is 22.2. The Morgan fingerprint density at radius 3 is 2.56 bits per heavy atom. The van der Waals surface area contributed by atoms with Crippen LogP contribution < -0.4 is 10.6 Å². The number of carboxylic acid groups (broad SMARTS) is 1. The summed E-state index contributed by atoms with van der Waals surface area (Å²) in [6, 6.07) is -0.441. The molecule has 0 aromatic rings. The van der Waals surface area contributed by atoms with E-state index in [2.05, 4.69) is 10.6 Å². The van der Waals surface area contributed by atoms with Gasteiger partial charge in [0.05, 0.1) is 6.54 Å². The molecular weight excluding hydrogens is 232 g/mol. The highest BCUT2D eigenvalue weighted by molar-refractivity contribution is 7.98. The molecule has 0 saturated carbocycles. The molecule has 0 aliphatic rings. The van der Waals surface area contributed by atoms with Crippen molar-refractivity contribution in [2.45, 2.75) is 25.5 Å². The average molecular weight is 250 g/mol. The van der Waals surface area contributed by atoms with Crippen molar-refractivity contribution in [2.24, 2.45) is 0 Å². The topological polar surface area (TPSA) is 98.7 Å². The molecule has 0 rings (SSSR count). The highest BCUT2D eigenvalue weighted by Gasteiger charge is 2.14. The van der Waals surface area contributed by atoms with Crippen molar-refractivity contribution in [2.75, 3.05) is 18.6 Å². The van der Waals surface area contributed by atoms with Gasteiger partial charge in [0, 0.05) is 6.04 Å². The third-order valence-electron chi connectivity index (χ3n) is 1.87. The predicted molar refractivity (Wildman–Crippen MR) is 62.6 cm³/mol. The van der Waals surface area contributed by atoms with Crippen LogP contribution in [0.2, 0.25) is 0 Å². The Morgan fingerprint density at radius 1 is 1.44 bits per heavy atom. The first-order valence-electron chi connectivity index (χ1n) is 4.91. The fraction of sp³-hybridized carbons (Fsp3) is 0.778. The van der Waals surface area contributed by atoms with Gasteiger partial charge in [0.1, 0.15) is 0 Å². The maximum absolute atomic E-state index is 11.2. The summed E-state index contributed by atoms with van der Waals surface area (Å²) < 4.78 is 0. The van der Waals surface area contributed by atoms with Crippen molar-refractivity contribution < 1.29 is 19.8 Å². The summed E-state index contributed by atoms with van der Waals surface area (Å²) in [6.45, 7) is 1.57. The molecule has 7 heteroatoms. The van der Waals surface area contributed by atoms with Gasteiger partial charge in [0.2, 0.25) is 0 Å². The first-order valence-corrected chi connectivity index (χ1v) is 6.31. The Morgan fingerprint density at radius 2 is 2.06 bits per heavy atom. The average Bonchev–Trinajstić information content (AvgIpc) is 2.22. The number of amides is 2. The molecule has 4 N–H and O–H groups in total. The Balaban J connectivity index is 3.69. The van der Waals surface area contributed by atoms with Gasteiger partial charge in [-0.05, 0) is 25.4 Å². The fourth-order valence-electron chi connectivity index (χ4n) is 0.918. The third-order valence-corrected chi connectivity index (χ3v) is 2.52. The van der Waals surface area contributed by atoms with Crippen LogP contribution in [-0.2, 0) is 4.79 Å². The zero-order valence-electron chi connectivity index (χ0n) is 9.40. The monoisotopic (exact) mass is 250 g/mol. The second-order valence-electron chi connectivity index (χ2n) is 3.39. The lowest BCUT2D eigenvalue weighted by Gasteiger charge is -2.14. The maximum Gasteiger partial charge on any atom is 0.334 e. The summed E-state index contributed by atoms with van der Waals surface area (Å²) >= 11 is 1.69. The van der Waals surface area contributed by atoms with Gasteiger partial charge in [-0.2, -0.15) is 11.8 Å². The number of aliphatic carboxylic acids is 1. The number of aliphatic hydroxyl groups is 1. The lowest BCUT2D eigenvalue weighted by Crippen LogP contribution is -2.45. The van der Waals surface area contributed by atoms with Crippen LogP contribution in [0.1, 0.15) is 13.3 Å². The molecule has 16 heavy (non-hydrogen) atoms. The molecule has 0 aromatic heterocycles. The molecule has 0 bridgehead atoms. The van der Waals surface area contributed by atoms with E-state index in [4.69, 9.17) is 10.2 Å². The van der Waals surface area contributed by atoms with Gasteiger partial charge in [-0.3, -0.25) is 0 Å². The lowest BCUT2D eigenvalue weighted by atomic mass is 10.3. The van der Waals surface area contributed by atoms with Crippen LogP contribution >= 0.6 is 11.8 Å². The quantitative estimate of drug-likeness (QED) is 0.504. The number of urea groups is 1. The van der Waals surface area contributed by atoms with Crippen LogP contribution in [0.5, 0.6) is 0 Å². The van der Waals surface area contributed by atoms with Gasteiger partial charge in [-0.15, -0.1) is 0 Å². The van der Waals surface area contributed by atoms with Crippen LogP contribution in [0.15, 0.2) is 0 Å². The second-order valence-corrected chi connectivity index (χ2v) is 4.38. The van der Waals surface area contributed by atoms with Gasteiger partial charge < -0.3 is 20.8 Å². The highest BCUT2D eigenvalue weighted by atomic mass is 32.2. The number of nitrogens with one attached hydrogen (secondary N) is 2. The second kappa shape index (κ2) is 8.23. The smallest absolute Gasteiger partial charge is 0.334 e. The lowest BCUT2D eigenvalue weighted by molar-refractivity contribution is -0.146. The van der Waals surface area contributed by atoms with Gasteiger partial charge >= 0.3 is 12.0 Å². The van der Waals surface area contributed by atoms with E-state index in [9.17, 15) is 9.59 Å². The minimum atomic E-state index is -1.56. The summed E-state index contributed by atoms with van der Waals surface area (Å²) in [5.74, 6) is -0.408. The number of carbonyl (C=O) groups excluding carboxylic acids is 1. The van der Waals surface area contributed by atoms with E-state index in [1.54, 1.807) is 11.8 Å². The van der Waals surface area contributed by atoms with Crippen molar-refractivity contribution in [3.63, 3.8) is 0 Å². The number of carbonyl (C=O) groups is 2. The van der Waals surface area contributed by atoms with Crippen LogP contribution in [0, 0.1) is 0 Å². The van der Waals surface area contributed by atoms with E-state index in [1.807, 2.05) is 13.2 Å². The molecule has 1 unspecified atom stereocenters. The van der Waals surface area contributed by atoms with Crippen LogP contribution in [-0.4, -0.2) is 52.9 Å². The van der Waals surface area contributed by atoms with Crippen molar-refractivity contribution in [3.05, 3.63) is 0 Å². The third kappa shape index (κ3) is 7.36. The summed E-state index contributed by atoms with van der Waals surface area (Å²) in [7, 11) is 0. The molecule has 0 heterocycles. The molecule has 0 spiro atoms. The number of hydrogen-bond donors (Lipinski definition) is 4. The number of aliphatic hydroxyl groups excluding tert-OH is 1. The molecule has 0 aliphatic carbocycles. The first-order chi connectivity index (χ1) is 7.47. The number of thioether (sulfide) groups is 1. The number of carboxylic acids is 1. The van der Waals surface area contributed by atoms with Crippen molar-refractivity contribution in [3.8, 4) is 0 Å². The minimum absolute atomic E-state index is 0.0226. The molecule has 2 amide bonds. The van der Waals surface area contributed by atoms with Crippen molar-refractivity contribution >= 4 is 23.8 Å². The zero-order valence-corrected chi connectivity index (χ0v) is 10.2. The highest BCUT2D eigenvalue weighted by Crippen LogP contribution is 1.99. The van der Waals surface area contributed by atoms with Gasteiger partial charge in [-0.1, -0.05) is 0 Å². The molecule has 0 radical (unpaired) electrons. The molecule has 0 aliphatic heterocycles. The molecule has 94 valence electrons. The first kappa shape index (κ1) is 15.0. The minimum Gasteiger partial charge on any atom is -0.479 e. The predicted octanol–water partition coefficient (Wildman–Crippen LogP) is -0.127. The van der Waals surface area contributed by atoms with Crippen LogP contribution in [0.4, 0.5) is 4.79 Å². The van der Waals surface area contributed by atoms with Crippen LogP contribution in [0.3, 0.4) is 0 Å². The van der Waals surface area contributed by atoms with Crippen molar-refractivity contribution in [1.82, 2.24) is 10.6 Å². The Bertz CT molecular complexity index is 238. The van der Waals surface area contributed by atoms with E-state index in [1.165, 1.54) is 0 Å². The standard InChI is InChI=1S/C9H18N2O4S/c1-6(3-4-16-2)11-9(15)10-5-7(12)8(13)14/h6-7,12H,3-5H2,1-2H3,(H,13,14)(H2,10,11,15)/t6?,7-/m0/s1. The Hall–Kier alpha value is -0.950. The molecule has 0 aromatic carbocycles. The Labute approximate surface area is 98.8 Å². The summed E-state index contributed by atoms with van der Waals surface area (Å²) in [6.07, 6.45) is 1.26. The maximum atomic E-state index is 11.2. The molecule has 6 nitrogen and oxygen atoms in total. The van der Waals surface area contributed by atoms with Crippen molar-refractivity contribution in [1.29, 1.82) is 0 Å². The molecule has 0 saturated heterocycles. The normalized spacial score (nSPS) is 13.9. The van der Waals surface area contributed by atoms with E-state index in [0.29, 0.717) is 0 Å². The molecule has 2 atom stereocenters. The summed E-state index contributed by atoms with van der Waals surface area (Å²) in [5.41, 5.74) is 0. The van der Waals surface area contributed by atoms with E-state index in [-0.39, 0.29) is 12.6 Å². The largest absolute Gasteiger partial charge is 0.479 e. The van der Waals surface area contributed by atoms with Gasteiger partial charge in [-0.25, -0.2) is 9.59 Å². The molecular formula is C9H18N2O4S. The van der Waals surface area contributed by atoms with E-state index < -0.39 is 18.1 Å². The Kier molecular flexibility index (Phi) is 7.74. The SMILES string of the molecule is CSCCC(C)NC(=O)NC[C@H](O)C(=O)O.